The molecule has 7 nitrogen and oxygen atoms in total. The molecule has 0 unspecified atom stereocenters. The van der Waals surface area contributed by atoms with Gasteiger partial charge in [0.2, 0.25) is 0 Å². The van der Waals surface area contributed by atoms with Gasteiger partial charge >= 0.3 is 0 Å². The van der Waals surface area contributed by atoms with Crippen molar-refractivity contribution in [2.75, 3.05) is 52.4 Å². The SMILES string of the molecule is c1cc2ccc3ccc4nc3c2nc1CNCCC[NH2+]CC[NH2+]CC[NH2+]CCC[NH2+]C4. The monoisotopic (exact) mass is 425 g/mol. The first-order valence-electron chi connectivity index (χ1n) is 12.1. The third kappa shape index (κ3) is 6.66. The molecule has 0 spiro atoms. The first-order valence-corrected chi connectivity index (χ1v) is 12.1. The normalized spacial score (nSPS) is 18.7. The quantitative estimate of drug-likeness (QED) is 0.256. The standard InChI is InChI=1S/C24H35N7/c1-9-25-13-15-27-16-14-26-10-2-12-29-18-22-8-6-20-4-3-19-5-7-21(17-28-11-1)30-23(19)24(20)31-22/h3-8,25-29H,1-2,9-18H2/p+4. The van der Waals surface area contributed by atoms with Crippen molar-refractivity contribution in [1.29, 1.82) is 0 Å². The number of pyridine rings is 2. The van der Waals surface area contributed by atoms with Crippen LogP contribution >= 0.6 is 0 Å². The Kier molecular flexibility index (Phi) is 8.55. The van der Waals surface area contributed by atoms with Gasteiger partial charge in [-0.25, -0.2) is 9.97 Å². The van der Waals surface area contributed by atoms with Gasteiger partial charge in [0.15, 0.2) is 0 Å². The van der Waals surface area contributed by atoms with Gasteiger partial charge in [-0.2, -0.15) is 0 Å². The minimum absolute atomic E-state index is 0.810. The fourth-order valence-electron chi connectivity index (χ4n) is 4.21. The van der Waals surface area contributed by atoms with E-state index in [4.69, 9.17) is 9.97 Å². The van der Waals surface area contributed by atoms with Crippen molar-refractivity contribution in [3.63, 3.8) is 0 Å². The van der Waals surface area contributed by atoms with Crippen LogP contribution in [0.5, 0.6) is 0 Å². The largest absolute Gasteiger partial charge is 0.342 e. The first-order chi connectivity index (χ1) is 15.4. The van der Waals surface area contributed by atoms with Crippen molar-refractivity contribution >= 4 is 21.8 Å². The van der Waals surface area contributed by atoms with Crippen LogP contribution < -0.4 is 26.6 Å². The molecular formula is C24H39N7+4. The molecule has 0 fully saturated rings. The fraction of sp³-hybridized carbons (Fsp3) is 0.500. The fourth-order valence-corrected chi connectivity index (χ4v) is 4.21. The number of nitrogens with zero attached hydrogens (tertiary/aromatic N) is 2. The lowest BCUT2D eigenvalue weighted by molar-refractivity contribution is -0.751. The third-order valence-corrected chi connectivity index (χ3v) is 6.02. The van der Waals surface area contributed by atoms with E-state index in [2.05, 4.69) is 63.0 Å². The van der Waals surface area contributed by atoms with Gasteiger partial charge in [0.1, 0.15) is 32.7 Å². The van der Waals surface area contributed by atoms with Crippen molar-refractivity contribution in [2.24, 2.45) is 0 Å². The molecule has 7 heteroatoms. The number of quaternary nitrogens is 4. The highest BCUT2D eigenvalue weighted by Crippen LogP contribution is 2.23. The Morgan fingerprint density at radius 2 is 1.13 bits per heavy atom. The molecule has 31 heavy (non-hydrogen) atoms. The molecule has 0 saturated carbocycles. The smallest absolute Gasteiger partial charge is 0.125 e. The Hall–Kier alpha value is -2.16. The number of rotatable bonds is 0. The van der Waals surface area contributed by atoms with Crippen LogP contribution in [-0.4, -0.2) is 62.3 Å². The highest BCUT2D eigenvalue weighted by Gasteiger charge is 2.08. The zero-order valence-corrected chi connectivity index (χ0v) is 18.7. The van der Waals surface area contributed by atoms with Gasteiger partial charge in [0.05, 0.1) is 42.1 Å². The van der Waals surface area contributed by atoms with Crippen LogP contribution in [0.15, 0.2) is 36.4 Å². The number of aromatic nitrogens is 2. The van der Waals surface area contributed by atoms with Crippen LogP contribution in [0.4, 0.5) is 0 Å². The van der Waals surface area contributed by atoms with Gasteiger partial charge in [-0.1, -0.05) is 24.3 Å². The molecule has 4 rings (SSSR count). The predicted molar refractivity (Wildman–Crippen MR) is 123 cm³/mol. The summed E-state index contributed by atoms with van der Waals surface area (Å²) >= 11 is 0. The maximum absolute atomic E-state index is 5.00. The molecule has 9 N–H and O–H groups in total. The van der Waals surface area contributed by atoms with Gasteiger partial charge in [0, 0.05) is 36.7 Å². The zero-order valence-electron chi connectivity index (χ0n) is 18.7. The summed E-state index contributed by atoms with van der Waals surface area (Å²) in [6.45, 7) is 11.2. The van der Waals surface area contributed by atoms with Crippen molar-refractivity contribution < 1.29 is 21.3 Å². The number of benzene rings is 1. The molecule has 1 aliphatic rings. The topological polar surface area (TPSA) is 104 Å². The number of fused-ring (bicyclic) bond motifs is 2. The Balaban J connectivity index is 1.47. The van der Waals surface area contributed by atoms with Crippen molar-refractivity contribution in [3.8, 4) is 0 Å². The molecule has 4 bridgehead atoms. The lowest BCUT2D eigenvalue weighted by Crippen LogP contribution is -2.99. The maximum Gasteiger partial charge on any atom is 0.125 e. The lowest BCUT2D eigenvalue weighted by atomic mass is 10.1. The maximum atomic E-state index is 5.00. The van der Waals surface area contributed by atoms with E-state index < -0.39 is 0 Å². The summed E-state index contributed by atoms with van der Waals surface area (Å²) < 4.78 is 0. The predicted octanol–water partition coefficient (Wildman–Crippen LogP) is -2.58. The Morgan fingerprint density at radius 3 is 1.87 bits per heavy atom. The molecule has 3 aromatic rings. The summed E-state index contributed by atoms with van der Waals surface area (Å²) in [7, 11) is 0. The van der Waals surface area contributed by atoms with Crippen LogP contribution in [-0.2, 0) is 13.1 Å². The second-order valence-corrected chi connectivity index (χ2v) is 8.58. The van der Waals surface area contributed by atoms with E-state index in [1.165, 1.54) is 57.5 Å². The molecule has 1 aliphatic heterocycles. The first kappa shape index (κ1) is 22.0. The Morgan fingerprint density at radius 1 is 0.581 bits per heavy atom. The molecule has 3 heterocycles. The van der Waals surface area contributed by atoms with E-state index >= 15 is 0 Å². The highest BCUT2D eigenvalue weighted by molar-refractivity contribution is 6.02. The summed E-state index contributed by atoms with van der Waals surface area (Å²) in [4.78, 5) is 9.98. The number of nitrogens with two attached hydrogens (primary N) is 4. The van der Waals surface area contributed by atoms with Crippen molar-refractivity contribution in [2.45, 2.75) is 25.9 Å². The van der Waals surface area contributed by atoms with Crippen LogP contribution in [0.3, 0.4) is 0 Å². The molecular weight excluding hydrogens is 386 g/mol. The van der Waals surface area contributed by atoms with Crippen LogP contribution in [0.1, 0.15) is 24.2 Å². The van der Waals surface area contributed by atoms with Crippen molar-refractivity contribution in [1.82, 2.24) is 15.3 Å². The van der Waals surface area contributed by atoms with E-state index in [-0.39, 0.29) is 0 Å². The highest BCUT2D eigenvalue weighted by atomic mass is 15.0. The van der Waals surface area contributed by atoms with Crippen LogP contribution in [0, 0.1) is 0 Å². The number of hydrogen-bond donors (Lipinski definition) is 5. The van der Waals surface area contributed by atoms with Gasteiger partial charge in [-0.05, 0) is 12.1 Å². The van der Waals surface area contributed by atoms with E-state index in [9.17, 15) is 0 Å². The minimum Gasteiger partial charge on any atom is -0.342 e. The zero-order chi connectivity index (χ0) is 21.1. The summed E-state index contributed by atoms with van der Waals surface area (Å²) in [6.07, 6.45) is 2.42. The Bertz CT molecular complexity index is 882. The molecule has 0 amide bonds. The third-order valence-electron chi connectivity index (χ3n) is 6.02. The van der Waals surface area contributed by atoms with Crippen molar-refractivity contribution in [3.05, 3.63) is 47.8 Å². The molecule has 0 atom stereocenters. The van der Waals surface area contributed by atoms with E-state index in [1.54, 1.807) is 0 Å². The second-order valence-electron chi connectivity index (χ2n) is 8.58. The van der Waals surface area contributed by atoms with E-state index in [1.807, 2.05) is 0 Å². The van der Waals surface area contributed by atoms with Gasteiger partial charge < -0.3 is 26.6 Å². The van der Waals surface area contributed by atoms with E-state index in [0.29, 0.717) is 0 Å². The molecule has 0 aliphatic carbocycles. The summed E-state index contributed by atoms with van der Waals surface area (Å²) in [6, 6.07) is 13.0. The van der Waals surface area contributed by atoms with Gasteiger partial charge in [0.25, 0.3) is 0 Å². The molecule has 2 aromatic heterocycles. The Labute approximate surface area is 184 Å². The molecule has 1 aromatic carbocycles. The molecule has 166 valence electrons. The number of hydrogen-bond acceptors (Lipinski definition) is 3. The van der Waals surface area contributed by atoms with Crippen LogP contribution in [0.2, 0.25) is 0 Å². The second kappa shape index (κ2) is 12.0. The van der Waals surface area contributed by atoms with Crippen LogP contribution in [0.25, 0.3) is 21.8 Å². The summed E-state index contributed by atoms with van der Waals surface area (Å²) in [5, 5.41) is 15.6. The molecule has 0 saturated heterocycles. The molecule has 0 radical (unpaired) electrons. The summed E-state index contributed by atoms with van der Waals surface area (Å²) in [5.41, 5.74) is 4.28. The minimum atomic E-state index is 0.810. The van der Waals surface area contributed by atoms with Gasteiger partial charge in [-0.3, -0.25) is 0 Å². The van der Waals surface area contributed by atoms with E-state index in [0.717, 1.165) is 54.0 Å². The average molecular weight is 426 g/mol. The average Bonchev–Trinajstić information content (AvgIpc) is 2.80. The lowest BCUT2D eigenvalue weighted by Gasteiger charge is -2.08. The summed E-state index contributed by atoms with van der Waals surface area (Å²) in [5.74, 6) is 0. The van der Waals surface area contributed by atoms with Gasteiger partial charge in [-0.15, -0.1) is 0 Å². The number of nitrogens with one attached hydrogen (secondary N) is 1.